The minimum absolute atomic E-state index is 0.0802. The van der Waals surface area contributed by atoms with E-state index in [2.05, 4.69) is 15.5 Å². The van der Waals surface area contributed by atoms with Crippen LogP contribution >= 0.6 is 0 Å². The molecule has 1 aliphatic carbocycles. The highest BCUT2D eigenvalue weighted by Crippen LogP contribution is 2.44. The molecule has 3 rings (SSSR count). The number of amides is 2. The number of rotatable bonds is 10. The zero-order valence-electron chi connectivity index (χ0n) is 20.1. The maximum atomic E-state index is 12.7. The molecule has 0 aliphatic heterocycles. The van der Waals surface area contributed by atoms with E-state index in [0.717, 1.165) is 22.3 Å². The van der Waals surface area contributed by atoms with E-state index >= 15 is 0 Å². The third kappa shape index (κ3) is 6.14. The Labute approximate surface area is 200 Å². The molecule has 0 heterocycles. The molecule has 34 heavy (non-hydrogen) atoms. The lowest BCUT2D eigenvalue weighted by atomic mass is 9.98. The second kappa shape index (κ2) is 11.2. The lowest BCUT2D eigenvalue weighted by Crippen LogP contribution is -2.52. The minimum Gasteiger partial charge on any atom is -0.481 e. The van der Waals surface area contributed by atoms with Crippen LogP contribution in [-0.2, 0) is 14.3 Å². The number of alkyl carbamates (subject to hydrolysis) is 1. The normalized spacial score (nSPS) is 14.3. The second-order valence-electron chi connectivity index (χ2n) is 9.06. The molecular weight excluding hydrogens is 434 g/mol. The lowest BCUT2D eigenvalue weighted by Gasteiger charge is -2.26. The first kappa shape index (κ1) is 25.2. The van der Waals surface area contributed by atoms with Crippen LogP contribution in [-0.4, -0.2) is 66.3 Å². The van der Waals surface area contributed by atoms with E-state index in [4.69, 9.17) is 4.74 Å². The summed E-state index contributed by atoms with van der Waals surface area (Å²) in [5.41, 5.74) is 4.35. The van der Waals surface area contributed by atoms with Gasteiger partial charge in [0.25, 0.3) is 0 Å². The Kier molecular flexibility index (Phi) is 8.28. The molecule has 1 aliphatic rings. The number of nitrogens with zero attached hydrogens (tertiary/aromatic N) is 1. The molecule has 0 radical (unpaired) electrons. The Bertz CT molecular complexity index is 993. The van der Waals surface area contributed by atoms with E-state index < -0.39 is 30.4 Å². The molecule has 0 fully saturated rings. The first-order valence-corrected chi connectivity index (χ1v) is 11.5. The number of carboxylic acids is 1. The Morgan fingerprint density at radius 3 is 2.06 bits per heavy atom. The zero-order valence-corrected chi connectivity index (χ0v) is 20.1. The molecule has 2 aromatic carbocycles. The average molecular weight is 468 g/mol. The smallest absolute Gasteiger partial charge is 0.407 e. The quantitative estimate of drug-likeness (QED) is 0.495. The number of ether oxygens (including phenoxy) is 1. The van der Waals surface area contributed by atoms with E-state index in [1.165, 1.54) is 0 Å². The summed E-state index contributed by atoms with van der Waals surface area (Å²) < 4.78 is 5.47. The van der Waals surface area contributed by atoms with Gasteiger partial charge in [-0.15, -0.1) is 0 Å². The standard InChI is InChI=1S/C26H33N3O5/c1-16(2)29(4)14-17(3)27-25(32)23(13-24(30)31)28-26(33)34-15-22-20-11-7-5-9-18(20)19-10-6-8-12-21(19)22/h5-12,16-17,22-23H,13-15H2,1-4H3,(H,27,32)(H,28,33)(H,30,31). The Balaban J connectivity index is 1.62. The number of nitrogens with one attached hydrogen (secondary N) is 2. The Hall–Kier alpha value is -3.39. The summed E-state index contributed by atoms with van der Waals surface area (Å²) in [5, 5.41) is 14.5. The fourth-order valence-corrected chi connectivity index (χ4v) is 4.20. The molecule has 2 amide bonds. The summed E-state index contributed by atoms with van der Waals surface area (Å²) in [6, 6.07) is 14.8. The van der Waals surface area contributed by atoms with Crippen LogP contribution in [0.3, 0.4) is 0 Å². The fourth-order valence-electron chi connectivity index (χ4n) is 4.20. The highest BCUT2D eigenvalue weighted by atomic mass is 16.5. The van der Waals surface area contributed by atoms with Gasteiger partial charge in [-0.25, -0.2) is 4.79 Å². The van der Waals surface area contributed by atoms with Crippen LogP contribution in [0.25, 0.3) is 11.1 Å². The largest absolute Gasteiger partial charge is 0.481 e. The van der Waals surface area contributed by atoms with Gasteiger partial charge in [0.1, 0.15) is 12.6 Å². The monoisotopic (exact) mass is 467 g/mol. The molecular formula is C26H33N3O5. The van der Waals surface area contributed by atoms with Gasteiger partial charge in [0.15, 0.2) is 0 Å². The summed E-state index contributed by atoms with van der Waals surface area (Å²) >= 11 is 0. The van der Waals surface area contributed by atoms with Crippen LogP contribution in [0.5, 0.6) is 0 Å². The molecule has 0 saturated carbocycles. The Morgan fingerprint density at radius 2 is 1.53 bits per heavy atom. The molecule has 0 bridgehead atoms. The van der Waals surface area contributed by atoms with Crippen molar-refractivity contribution in [1.82, 2.24) is 15.5 Å². The number of carboxylic acid groups (broad SMARTS) is 1. The number of hydrogen-bond donors (Lipinski definition) is 3. The molecule has 182 valence electrons. The molecule has 0 saturated heterocycles. The molecule has 0 aromatic heterocycles. The third-order valence-electron chi connectivity index (χ3n) is 6.16. The first-order valence-electron chi connectivity index (χ1n) is 11.5. The van der Waals surface area contributed by atoms with Crippen LogP contribution in [0, 0.1) is 0 Å². The third-order valence-corrected chi connectivity index (χ3v) is 6.16. The van der Waals surface area contributed by atoms with Crippen molar-refractivity contribution < 1.29 is 24.2 Å². The minimum atomic E-state index is -1.24. The summed E-state index contributed by atoms with van der Waals surface area (Å²) in [6.45, 7) is 6.59. The van der Waals surface area contributed by atoms with Crippen molar-refractivity contribution in [3.63, 3.8) is 0 Å². The maximum absolute atomic E-state index is 12.7. The van der Waals surface area contributed by atoms with Crippen LogP contribution in [0.2, 0.25) is 0 Å². The highest BCUT2D eigenvalue weighted by Gasteiger charge is 2.30. The van der Waals surface area contributed by atoms with Gasteiger partial charge in [-0.3, -0.25) is 9.59 Å². The van der Waals surface area contributed by atoms with Gasteiger partial charge in [0.05, 0.1) is 6.42 Å². The molecule has 0 spiro atoms. The van der Waals surface area contributed by atoms with E-state index in [9.17, 15) is 19.5 Å². The van der Waals surface area contributed by atoms with Gasteiger partial charge in [0, 0.05) is 24.5 Å². The number of benzene rings is 2. The number of fused-ring (bicyclic) bond motifs is 3. The van der Waals surface area contributed by atoms with Crippen LogP contribution < -0.4 is 10.6 Å². The number of aliphatic carboxylic acids is 1. The van der Waals surface area contributed by atoms with Crippen molar-refractivity contribution in [1.29, 1.82) is 0 Å². The van der Waals surface area contributed by atoms with Gasteiger partial charge in [-0.05, 0) is 50.1 Å². The van der Waals surface area contributed by atoms with Crippen molar-refractivity contribution in [3.8, 4) is 11.1 Å². The van der Waals surface area contributed by atoms with Gasteiger partial charge in [-0.2, -0.15) is 0 Å². The fraction of sp³-hybridized carbons (Fsp3) is 0.423. The number of carbonyl (C=O) groups is 3. The maximum Gasteiger partial charge on any atom is 0.407 e. The summed E-state index contributed by atoms with van der Waals surface area (Å²) in [6.07, 6.45) is -1.36. The van der Waals surface area contributed by atoms with Crippen LogP contribution in [0.15, 0.2) is 48.5 Å². The SMILES string of the molecule is CC(CN(C)C(C)C)NC(=O)C(CC(=O)O)NC(=O)OCC1c2ccccc2-c2ccccc21. The van der Waals surface area contributed by atoms with Crippen LogP contribution in [0.4, 0.5) is 4.79 Å². The molecule has 2 aromatic rings. The van der Waals surface area contributed by atoms with E-state index in [1.54, 1.807) is 0 Å². The van der Waals surface area contributed by atoms with E-state index in [1.807, 2.05) is 76.3 Å². The highest BCUT2D eigenvalue weighted by molar-refractivity contribution is 5.89. The van der Waals surface area contributed by atoms with Gasteiger partial charge in [-0.1, -0.05) is 48.5 Å². The topological polar surface area (TPSA) is 108 Å². The first-order chi connectivity index (χ1) is 16.2. The average Bonchev–Trinajstić information content (AvgIpc) is 3.10. The predicted octanol–water partition coefficient (Wildman–Crippen LogP) is 3.21. The molecule has 2 atom stereocenters. The van der Waals surface area contributed by atoms with Crippen molar-refractivity contribution in [2.24, 2.45) is 0 Å². The molecule has 3 N–H and O–H groups in total. The van der Waals surface area contributed by atoms with E-state index in [0.29, 0.717) is 12.6 Å². The molecule has 8 heteroatoms. The van der Waals surface area contributed by atoms with Gasteiger partial charge < -0.3 is 25.4 Å². The molecule has 2 unspecified atom stereocenters. The summed E-state index contributed by atoms with van der Waals surface area (Å²) in [4.78, 5) is 38.6. The summed E-state index contributed by atoms with van der Waals surface area (Å²) in [5.74, 6) is -1.87. The lowest BCUT2D eigenvalue weighted by molar-refractivity contribution is -0.140. The zero-order chi connectivity index (χ0) is 24.8. The van der Waals surface area contributed by atoms with E-state index in [-0.39, 0.29) is 18.6 Å². The molecule has 8 nitrogen and oxygen atoms in total. The number of hydrogen-bond acceptors (Lipinski definition) is 5. The van der Waals surface area contributed by atoms with Gasteiger partial charge >= 0.3 is 12.1 Å². The van der Waals surface area contributed by atoms with Crippen molar-refractivity contribution >= 4 is 18.0 Å². The Morgan fingerprint density at radius 1 is 0.971 bits per heavy atom. The van der Waals surface area contributed by atoms with Crippen molar-refractivity contribution in [2.75, 3.05) is 20.2 Å². The number of carbonyl (C=O) groups excluding carboxylic acids is 2. The van der Waals surface area contributed by atoms with Crippen molar-refractivity contribution in [2.45, 2.75) is 51.2 Å². The van der Waals surface area contributed by atoms with Crippen LogP contribution in [0.1, 0.15) is 44.2 Å². The summed E-state index contributed by atoms with van der Waals surface area (Å²) in [7, 11) is 1.94. The number of likely N-dealkylation sites (N-methyl/N-ethyl adjacent to an activating group) is 1. The van der Waals surface area contributed by atoms with Gasteiger partial charge in [0.2, 0.25) is 5.91 Å². The van der Waals surface area contributed by atoms with Crippen molar-refractivity contribution in [3.05, 3.63) is 59.7 Å². The predicted molar refractivity (Wildman–Crippen MR) is 130 cm³/mol. The second-order valence-corrected chi connectivity index (χ2v) is 9.06.